The number of anilines is 1. The maximum absolute atomic E-state index is 13.5. The topological polar surface area (TPSA) is 12.0 Å². The van der Waals surface area contributed by atoms with Crippen molar-refractivity contribution in [2.24, 2.45) is 0 Å². The fourth-order valence-corrected chi connectivity index (χ4v) is 1.61. The fourth-order valence-electron chi connectivity index (χ4n) is 1.61. The third kappa shape index (κ3) is 1.50. The maximum Gasteiger partial charge on any atom is 0.129 e. The van der Waals surface area contributed by atoms with Crippen LogP contribution in [0.2, 0.25) is 0 Å². The molecule has 0 saturated heterocycles. The SMILES string of the molecule is CC1(F)CNc2cccc(F)c2C1. The van der Waals surface area contributed by atoms with Gasteiger partial charge in [-0.05, 0) is 19.1 Å². The third-order valence-electron chi connectivity index (χ3n) is 2.31. The molecule has 1 N–H and O–H groups in total. The van der Waals surface area contributed by atoms with Crippen LogP contribution >= 0.6 is 0 Å². The zero-order valence-electron chi connectivity index (χ0n) is 7.40. The van der Waals surface area contributed by atoms with E-state index in [9.17, 15) is 8.78 Å². The van der Waals surface area contributed by atoms with Gasteiger partial charge in [-0.25, -0.2) is 8.78 Å². The lowest BCUT2D eigenvalue weighted by Crippen LogP contribution is -2.36. The molecule has 0 amide bonds. The van der Waals surface area contributed by atoms with Gasteiger partial charge >= 0.3 is 0 Å². The first kappa shape index (κ1) is 8.48. The normalized spacial score (nSPS) is 26.4. The Hall–Kier alpha value is -1.12. The molecule has 0 aliphatic carbocycles. The number of halogens is 2. The minimum absolute atomic E-state index is 0.155. The van der Waals surface area contributed by atoms with Crippen molar-refractivity contribution >= 4 is 5.69 Å². The molecule has 3 heteroatoms. The summed E-state index contributed by atoms with van der Waals surface area (Å²) in [5.41, 5.74) is -0.163. The van der Waals surface area contributed by atoms with Crippen LogP contribution in [-0.2, 0) is 6.42 Å². The van der Waals surface area contributed by atoms with E-state index in [4.69, 9.17) is 0 Å². The predicted octanol–water partition coefficient (Wildman–Crippen LogP) is 2.52. The Morgan fingerprint density at radius 3 is 3.00 bits per heavy atom. The van der Waals surface area contributed by atoms with Crippen molar-refractivity contribution < 1.29 is 8.78 Å². The van der Waals surface area contributed by atoms with Crippen LogP contribution in [0.25, 0.3) is 0 Å². The third-order valence-corrected chi connectivity index (χ3v) is 2.31. The van der Waals surface area contributed by atoms with Crippen molar-refractivity contribution in [2.75, 3.05) is 11.9 Å². The molecular weight excluding hydrogens is 172 g/mol. The van der Waals surface area contributed by atoms with Crippen LogP contribution in [0.4, 0.5) is 14.5 Å². The average molecular weight is 183 g/mol. The Kier molecular flexibility index (Phi) is 1.75. The molecule has 1 aliphatic rings. The van der Waals surface area contributed by atoms with Gasteiger partial charge in [0.05, 0.1) is 0 Å². The highest BCUT2D eigenvalue weighted by Crippen LogP contribution is 2.30. The van der Waals surface area contributed by atoms with Gasteiger partial charge in [0.1, 0.15) is 11.5 Å². The number of nitrogens with one attached hydrogen (secondary N) is 1. The summed E-state index contributed by atoms with van der Waals surface area (Å²) < 4.78 is 26.7. The molecular formula is C10H11F2N. The zero-order valence-corrected chi connectivity index (χ0v) is 7.40. The molecule has 2 rings (SSSR count). The van der Waals surface area contributed by atoms with E-state index >= 15 is 0 Å². The molecule has 0 saturated carbocycles. The van der Waals surface area contributed by atoms with Gasteiger partial charge in [-0.15, -0.1) is 0 Å². The van der Waals surface area contributed by atoms with Crippen molar-refractivity contribution in [3.8, 4) is 0 Å². The van der Waals surface area contributed by atoms with E-state index < -0.39 is 5.67 Å². The van der Waals surface area contributed by atoms with Crippen LogP contribution in [0.5, 0.6) is 0 Å². The number of hydrogen-bond acceptors (Lipinski definition) is 1. The molecule has 70 valence electrons. The highest BCUT2D eigenvalue weighted by Gasteiger charge is 2.30. The van der Waals surface area contributed by atoms with Gasteiger partial charge in [0.15, 0.2) is 0 Å². The van der Waals surface area contributed by atoms with E-state index in [1.165, 1.54) is 13.0 Å². The van der Waals surface area contributed by atoms with Crippen molar-refractivity contribution in [1.29, 1.82) is 0 Å². The van der Waals surface area contributed by atoms with Crippen LogP contribution in [-0.4, -0.2) is 12.2 Å². The van der Waals surface area contributed by atoms with Gasteiger partial charge in [-0.3, -0.25) is 0 Å². The molecule has 1 unspecified atom stereocenters. The molecule has 1 aromatic carbocycles. The lowest BCUT2D eigenvalue weighted by molar-refractivity contribution is 0.199. The minimum atomic E-state index is -1.34. The molecule has 13 heavy (non-hydrogen) atoms. The summed E-state index contributed by atoms with van der Waals surface area (Å²) in [6, 6.07) is 4.76. The number of alkyl halides is 1. The van der Waals surface area contributed by atoms with Crippen molar-refractivity contribution in [1.82, 2.24) is 0 Å². The van der Waals surface area contributed by atoms with E-state index in [1.54, 1.807) is 12.1 Å². The second-order valence-corrected chi connectivity index (χ2v) is 3.71. The quantitative estimate of drug-likeness (QED) is 0.651. The molecule has 0 spiro atoms. The molecule has 1 heterocycles. The summed E-state index contributed by atoms with van der Waals surface area (Å²) >= 11 is 0. The van der Waals surface area contributed by atoms with Gasteiger partial charge in [-0.1, -0.05) is 6.07 Å². The molecule has 0 radical (unpaired) electrons. The predicted molar refractivity (Wildman–Crippen MR) is 48.1 cm³/mol. The zero-order chi connectivity index (χ0) is 9.47. The summed E-state index contributed by atoms with van der Waals surface area (Å²) in [4.78, 5) is 0. The first-order chi connectivity index (χ1) is 6.08. The van der Waals surface area contributed by atoms with Crippen LogP contribution in [0.15, 0.2) is 18.2 Å². The van der Waals surface area contributed by atoms with Crippen molar-refractivity contribution in [2.45, 2.75) is 19.0 Å². The van der Waals surface area contributed by atoms with Crippen molar-refractivity contribution in [3.63, 3.8) is 0 Å². The Balaban J connectivity index is 2.44. The first-order valence-corrected chi connectivity index (χ1v) is 4.29. The summed E-state index contributed by atoms with van der Waals surface area (Å²) in [7, 11) is 0. The smallest absolute Gasteiger partial charge is 0.129 e. The highest BCUT2D eigenvalue weighted by atomic mass is 19.1. The molecule has 1 atom stereocenters. The first-order valence-electron chi connectivity index (χ1n) is 4.29. The standard InChI is InChI=1S/C10H11F2N/c1-10(12)5-7-8(11)3-2-4-9(7)13-6-10/h2-4,13H,5-6H2,1H3. The Bertz CT molecular complexity index is 334. The van der Waals surface area contributed by atoms with E-state index in [2.05, 4.69) is 5.32 Å². The van der Waals surface area contributed by atoms with Gasteiger partial charge < -0.3 is 5.32 Å². The van der Waals surface area contributed by atoms with E-state index in [0.29, 0.717) is 5.56 Å². The summed E-state index contributed by atoms with van der Waals surface area (Å²) in [6.07, 6.45) is 0.155. The highest BCUT2D eigenvalue weighted by molar-refractivity contribution is 5.54. The molecule has 0 aromatic heterocycles. The van der Waals surface area contributed by atoms with Gasteiger partial charge in [0, 0.05) is 24.2 Å². The number of benzene rings is 1. The molecule has 1 aliphatic heterocycles. The Morgan fingerprint density at radius 1 is 1.46 bits per heavy atom. The maximum atomic E-state index is 13.5. The second kappa shape index (κ2) is 2.69. The summed E-state index contributed by atoms with van der Waals surface area (Å²) in [5, 5.41) is 2.88. The van der Waals surface area contributed by atoms with Gasteiger partial charge in [0.2, 0.25) is 0 Å². The average Bonchev–Trinajstić information content (AvgIpc) is 2.06. The van der Waals surface area contributed by atoms with Crippen molar-refractivity contribution in [3.05, 3.63) is 29.6 Å². The van der Waals surface area contributed by atoms with Crippen LogP contribution in [0.3, 0.4) is 0 Å². The van der Waals surface area contributed by atoms with Crippen LogP contribution in [0.1, 0.15) is 12.5 Å². The monoisotopic (exact) mass is 183 g/mol. The second-order valence-electron chi connectivity index (χ2n) is 3.71. The molecule has 1 nitrogen and oxygen atoms in total. The Labute approximate surface area is 75.8 Å². The van der Waals surface area contributed by atoms with E-state index in [-0.39, 0.29) is 18.8 Å². The van der Waals surface area contributed by atoms with Gasteiger partial charge in [-0.2, -0.15) is 0 Å². The molecule has 0 fully saturated rings. The summed E-state index contributed by atoms with van der Waals surface area (Å²) in [5.74, 6) is -0.325. The largest absolute Gasteiger partial charge is 0.382 e. The number of rotatable bonds is 0. The summed E-state index contributed by atoms with van der Waals surface area (Å²) in [6.45, 7) is 1.73. The molecule has 0 bridgehead atoms. The lowest BCUT2D eigenvalue weighted by atomic mass is 9.93. The lowest BCUT2D eigenvalue weighted by Gasteiger charge is -2.29. The van der Waals surface area contributed by atoms with E-state index in [1.807, 2.05) is 0 Å². The number of fused-ring (bicyclic) bond motifs is 1. The van der Waals surface area contributed by atoms with Gasteiger partial charge in [0.25, 0.3) is 0 Å². The van der Waals surface area contributed by atoms with Crippen LogP contribution in [0, 0.1) is 5.82 Å². The minimum Gasteiger partial charge on any atom is -0.382 e. The Morgan fingerprint density at radius 2 is 2.23 bits per heavy atom. The fraction of sp³-hybridized carbons (Fsp3) is 0.400. The van der Waals surface area contributed by atoms with E-state index in [0.717, 1.165) is 5.69 Å². The van der Waals surface area contributed by atoms with Crippen LogP contribution < -0.4 is 5.32 Å². The molecule has 1 aromatic rings. The number of hydrogen-bond donors (Lipinski definition) is 1.